The summed E-state index contributed by atoms with van der Waals surface area (Å²) in [7, 11) is 2.07. The fourth-order valence-electron chi connectivity index (χ4n) is 3.24. The highest BCUT2D eigenvalue weighted by Crippen LogP contribution is 2.18. The molecule has 1 aliphatic heterocycles. The number of benzene rings is 1. The van der Waals surface area contributed by atoms with E-state index >= 15 is 0 Å². The molecule has 2 amide bonds. The Morgan fingerprint density at radius 3 is 2.54 bits per heavy atom. The Hall–Kier alpha value is -2.77. The van der Waals surface area contributed by atoms with Gasteiger partial charge in [0.15, 0.2) is 5.78 Å². The monoisotopic (exact) mass is 382 g/mol. The van der Waals surface area contributed by atoms with Crippen molar-refractivity contribution in [1.29, 1.82) is 0 Å². The molecule has 7 nitrogen and oxygen atoms in total. The first kappa shape index (κ1) is 20.0. The summed E-state index contributed by atoms with van der Waals surface area (Å²) in [5.74, 6) is 0.276. The second-order valence-electron chi connectivity index (χ2n) is 6.98. The van der Waals surface area contributed by atoms with Gasteiger partial charge in [0, 0.05) is 31.4 Å². The smallest absolute Gasteiger partial charge is 0.326 e. The number of hydrogen-bond acceptors (Lipinski definition) is 5. The lowest BCUT2D eigenvalue weighted by molar-refractivity contribution is 0.0903. The molecule has 1 N–H and O–H groups in total. The molecule has 2 heterocycles. The molecular formula is C21H26N4O3. The van der Waals surface area contributed by atoms with Crippen molar-refractivity contribution in [2.24, 2.45) is 0 Å². The maximum atomic E-state index is 13.3. The number of urea groups is 1. The van der Waals surface area contributed by atoms with Crippen LogP contribution in [0, 0.1) is 0 Å². The van der Waals surface area contributed by atoms with Crippen molar-refractivity contribution in [3.8, 4) is 0 Å². The molecule has 0 radical (unpaired) electrons. The number of pyridine rings is 1. The Labute approximate surface area is 165 Å². The maximum absolute atomic E-state index is 13.3. The van der Waals surface area contributed by atoms with Crippen molar-refractivity contribution in [2.75, 3.05) is 44.7 Å². The van der Waals surface area contributed by atoms with E-state index < -0.39 is 6.61 Å². The summed E-state index contributed by atoms with van der Waals surface area (Å²) in [5.41, 5.74) is 1.35. The van der Waals surface area contributed by atoms with Crippen molar-refractivity contribution in [2.45, 2.75) is 13.0 Å². The summed E-state index contributed by atoms with van der Waals surface area (Å²) in [6, 6.07) is 12.4. The lowest BCUT2D eigenvalue weighted by Gasteiger charge is -2.29. The van der Waals surface area contributed by atoms with Crippen LogP contribution in [0.3, 0.4) is 0 Å². The molecule has 1 fully saturated rings. The number of hydrogen-bond donors (Lipinski definition) is 1. The van der Waals surface area contributed by atoms with Crippen LogP contribution in [0.25, 0.3) is 0 Å². The molecule has 0 saturated carbocycles. The van der Waals surface area contributed by atoms with Gasteiger partial charge < -0.3 is 14.9 Å². The third kappa shape index (κ3) is 4.94. The topological polar surface area (TPSA) is 77.0 Å². The number of carbonyl (C=O) groups excluding carboxylic acids is 2. The normalized spacial score (nSPS) is 15.1. The fourth-order valence-corrected chi connectivity index (χ4v) is 3.24. The molecule has 2 aromatic rings. The highest BCUT2D eigenvalue weighted by Gasteiger charge is 2.25. The average Bonchev–Trinajstić information content (AvgIpc) is 2.96. The first-order valence-corrected chi connectivity index (χ1v) is 9.47. The zero-order valence-corrected chi connectivity index (χ0v) is 16.1. The largest absolute Gasteiger partial charge is 0.388 e. The van der Waals surface area contributed by atoms with Gasteiger partial charge in [0.05, 0.1) is 6.54 Å². The average molecular weight is 382 g/mol. The van der Waals surface area contributed by atoms with E-state index in [0.29, 0.717) is 24.5 Å². The predicted octanol–water partition coefficient (Wildman–Crippen LogP) is 2.02. The van der Waals surface area contributed by atoms with Crippen LogP contribution >= 0.6 is 0 Å². The van der Waals surface area contributed by atoms with Gasteiger partial charge in [-0.3, -0.25) is 9.69 Å². The van der Waals surface area contributed by atoms with Crippen molar-refractivity contribution in [1.82, 2.24) is 14.8 Å². The van der Waals surface area contributed by atoms with Crippen molar-refractivity contribution < 1.29 is 14.7 Å². The van der Waals surface area contributed by atoms with E-state index in [1.165, 1.54) is 0 Å². The summed E-state index contributed by atoms with van der Waals surface area (Å²) in [6.45, 7) is 3.07. The first-order valence-electron chi connectivity index (χ1n) is 9.47. The van der Waals surface area contributed by atoms with E-state index in [1.54, 1.807) is 23.2 Å². The summed E-state index contributed by atoms with van der Waals surface area (Å²) < 4.78 is 0. The van der Waals surface area contributed by atoms with Gasteiger partial charge in [0.1, 0.15) is 12.4 Å². The number of aliphatic hydroxyl groups excluding tert-OH is 1. The Morgan fingerprint density at radius 1 is 1.07 bits per heavy atom. The number of amides is 2. The molecule has 0 atom stereocenters. The molecule has 1 aromatic carbocycles. The SMILES string of the molecule is CN1CCCN(C(=O)N(Cc2ccc(C(=O)CO)cc2)c2ccccn2)CC1. The number of carbonyl (C=O) groups is 2. The minimum absolute atomic E-state index is 0.0653. The zero-order valence-electron chi connectivity index (χ0n) is 16.1. The Kier molecular flexibility index (Phi) is 6.73. The molecule has 0 unspecified atom stereocenters. The number of aliphatic hydroxyl groups is 1. The van der Waals surface area contributed by atoms with Gasteiger partial charge in [-0.2, -0.15) is 0 Å². The standard InChI is InChI=1S/C21H26N4O3/c1-23-11-4-12-24(14-13-23)21(28)25(20-5-2-3-10-22-20)15-17-6-8-18(9-7-17)19(27)16-26/h2-3,5-10,26H,4,11-16H2,1H3. The Balaban J connectivity index is 1.81. The highest BCUT2D eigenvalue weighted by molar-refractivity contribution is 5.97. The number of aromatic nitrogens is 1. The van der Waals surface area contributed by atoms with Crippen LogP contribution in [-0.4, -0.2) is 71.5 Å². The van der Waals surface area contributed by atoms with Crippen LogP contribution in [-0.2, 0) is 6.54 Å². The lowest BCUT2D eigenvalue weighted by Crippen LogP contribution is -2.44. The molecule has 1 aromatic heterocycles. The van der Waals surface area contributed by atoms with E-state index in [0.717, 1.165) is 31.6 Å². The van der Waals surface area contributed by atoms with Crippen LogP contribution in [0.4, 0.5) is 10.6 Å². The van der Waals surface area contributed by atoms with Gasteiger partial charge in [-0.15, -0.1) is 0 Å². The van der Waals surface area contributed by atoms with Gasteiger partial charge in [-0.25, -0.2) is 9.78 Å². The number of ketones is 1. The molecule has 0 bridgehead atoms. The van der Waals surface area contributed by atoms with Crippen LogP contribution in [0.1, 0.15) is 22.3 Å². The van der Waals surface area contributed by atoms with Gasteiger partial charge in [0.2, 0.25) is 0 Å². The fraction of sp³-hybridized carbons (Fsp3) is 0.381. The van der Waals surface area contributed by atoms with Crippen molar-refractivity contribution in [3.63, 3.8) is 0 Å². The summed E-state index contributed by atoms with van der Waals surface area (Å²) in [5, 5.41) is 8.99. The van der Waals surface area contributed by atoms with E-state index in [9.17, 15) is 9.59 Å². The van der Waals surface area contributed by atoms with E-state index in [-0.39, 0.29) is 11.8 Å². The quantitative estimate of drug-likeness (QED) is 0.801. The number of nitrogens with zero attached hydrogens (tertiary/aromatic N) is 4. The maximum Gasteiger partial charge on any atom is 0.326 e. The number of likely N-dealkylation sites (N-methyl/N-ethyl adjacent to an activating group) is 1. The lowest BCUT2D eigenvalue weighted by atomic mass is 10.1. The Morgan fingerprint density at radius 2 is 1.86 bits per heavy atom. The van der Waals surface area contributed by atoms with Gasteiger partial charge in [0.25, 0.3) is 0 Å². The third-order valence-corrected chi connectivity index (χ3v) is 4.91. The molecule has 7 heteroatoms. The summed E-state index contributed by atoms with van der Waals surface area (Å²) >= 11 is 0. The van der Waals surface area contributed by atoms with Gasteiger partial charge in [-0.05, 0) is 37.7 Å². The van der Waals surface area contributed by atoms with E-state index in [2.05, 4.69) is 16.9 Å². The van der Waals surface area contributed by atoms with Crippen molar-refractivity contribution in [3.05, 3.63) is 59.8 Å². The highest BCUT2D eigenvalue weighted by atomic mass is 16.3. The molecule has 3 rings (SSSR count). The molecular weight excluding hydrogens is 356 g/mol. The summed E-state index contributed by atoms with van der Waals surface area (Å²) in [6.07, 6.45) is 2.62. The molecule has 1 aliphatic rings. The Bertz CT molecular complexity index is 795. The van der Waals surface area contributed by atoms with Crippen LogP contribution < -0.4 is 4.90 Å². The molecule has 0 aliphatic carbocycles. The minimum atomic E-state index is -0.513. The van der Waals surface area contributed by atoms with Gasteiger partial charge >= 0.3 is 6.03 Å². The first-order chi connectivity index (χ1) is 13.6. The number of anilines is 1. The van der Waals surface area contributed by atoms with Crippen LogP contribution in [0.5, 0.6) is 0 Å². The predicted molar refractivity (Wildman–Crippen MR) is 107 cm³/mol. The number of Topliss-reactive ketones (excluding diaryl/α,β-unsaturated/α-hetero) is 1. The third-order valence-electron chi connectivity index (χ3n) is 4.91. The second kappa shape index (κ2) is 9.43. The van der Waals surface area contributed by atoms with Crippen molar-refractivity contribution >= 4 is 17.6 Å². The van der Waals surface area contributed by atoms with E-state index in [4.69, 9.17) is 5.11 Å². The summed E-state index contributed by atoms with van der Waals surface area (Å²) in [4.78, 5) is 35.0. The second-order valence-corrected chi connectivity index (χ2v) is 6.98. The molecule has 148 valence electrons. The minimum Gasteiger partial charge on any atom is -0.388 e. The van der Waals surface area contributed by atoms with Crippen LogP contribution in [0.2, 0.25) is 0 Å². The van der Waals surface area contributed by atoms with Gasteiger partial charge in [-0.1, -0.05) is 30.3 Å². The number of rotatable bonds is 5. The van der Waals surface area contributed by atoms with E-state index in [1.807, 2.05) is 35.2 Å². The molecule has 28 heavy (non-hydrogen) atoms. The van der Waals surface area contributed by atoms with Crippen LogP contribution in [0.15, 0.2) is 48.7 Å². The zero-order chi connectivity index (χ0) is 19.9. The molecule has 0 spiro atoms. The molecule has 1 saturated heterocycles.